The lowest BCUT2D eigenvalue weighted by atomic mass is 10.5. The number of ether oxygens (including phenoxy) is 1. The van der Waals surface area contributed by atoms with Crippen LogP contribution in [0.2, 0.25) is 0 Å². The van der Waals surface area contributed by atoms with E-state index in [9.17, 15) is 0 Å². The summed E-state index contributed by atoms with van der Waals surface area (Å²) in [5.74, 6) is 0. The molecule has 0 amide bonds. The van der Waals surface area contributed by atoms with Gasteiger partial charge in [-0.3, -0.25) is 0 Å². The predicted octanol–water partition coefficient (Wildman–Crippen LogP) is 0.699. The van der Waals surface area contributed by atoms with Crippen LogP contribution in [0, 0.1) is 0 Å². The molecule has 14 heavy (non-hydrogen) atoms. The first-order chi connectivity index (χ1) is 6.90. The lowest BCUT2D eigenvalue weighted by molar-refractivity contribution is 0.122. The molecular weight excluding hydrogens is 198 g/mol. The van der Waals surface area contributed by atoms with Crippen LogP contribution in [0.3, 0.4) is 0 Å². The molecule has 1 aromatic heterocycles. The zero-order valence-corrected chi connectivity index (χ0v) is 9.14. The molecule has 0 spiro atoms. The van der Waals surface area contributed by atoms with Crippen LogP contribution in [0.4, 0.5) is 5.13 Å². The number of morpholine rings is 1. The highest BCUT2D eigenvalue weighted by Gasteiger charge is 2.14. The number of hydrogen-bond donors (Lipinski definition) is 1. The summed E-state index contributed by atoms with van der Waals surface area (Å²) in [6.45, 7) is 4.48. The Morgan fingerprint density at radius 2 is 2.36 bits per heavy atom. The lowest BCUT2D eigenvalue weighted by Crippen LogP contribution is -2.36. The Kier molecular flexibility index (Phi) is 3.34. The summed E-state index contributed by atoms with van der Waals surface area (Å²) in [6.07, 6.45) is 1.95. The van der Waals surface area contributed by atoms with Crippen LogP contribution in [0.15, 0.2) is 6.20 Å². The van der Waals surface area contributed by atoms with Gasteiger partial charge in [-0.25, -0.2) is 4.98 Å². The maximum Gasteiger partial charge on any atom is 0.185 e. The van der Waals surface area contributed by atoms with E-state index < -0.39 is 0 Å². The van der Waals surface area contributed by atoms with Crippen LogP contribution in [0.25, 0.3) is 0 Å². The fraction of sp³-hybridized carbons (Fsp3) is 0.667. The molecule has 1 aliphatic heterocycles. The average Bonchev–Trinajstić information content (AvgIpc) is 2.68. The van der Waals surface area contributed by atoms with E-state index in [0.717, 1.165) is 38.0 Å². The van der Waals surface area contributed by atoms with Crippen molar-refractivity contribution in [3.05, 3.63) is 11.1 Å². The Balaban J connectivity index is 2.00. The molecule has 0 bridgehead atoms. The Hall–Kier alpha value is -0.650. The molecule has 4 nitrogen and oxygen atoms in total. The second-order valence-electron chi connectivity index (χ2n) is 3.24. The van der Waals surface area contributed by atoms with Crippen LogP contribution in [0.5, 0.6) is 0 Å². The van der Waals surface area contributed by atoms with Gasteiger partial charge in [-0.2, -0.15) is 0 Å². The van der Waals surface area contributed by atoms with Crippen LogP contribution in [-0.2, 0) is 11.3 Å². The van der Waals surface area contributed by atoms with Crippen molar-refractivity contribution in [3.63, 3.8) is 0 Å². The van der Waals surface area contributed by atoms with Crippen molar-refractivity contribution >= 4 is 16.5 Å². The summed E-state index contributed by atoms with van der Waals surface area (Å²) >= 11 is 1.76. The van der Waals surface area contributed by atoms with Gasteiger partial charge in [-0.15, -0.1) is 11.3 Å². The van der Waals surface area contributed by atoms with Gasteiger partial charge < -0.3 is 15.0 Å². The fourth-order valence-electron chi connectivity index (χ4n) is 1.45. The van der Waals surface area contributed by atoms with Gasteiger partial charge in [0, 0.05) is 30.7 Å². The van der Waals surface area contributed by atoms with E-state index in [1.807, 2.05) is 13.2 Å². The summed E-state index contributed by atoms with van der Waals surface area (Å²) < 4.78 is 5.30. The molecule has 2 rings (SSSR count). The first-order valence-electron chi connectivity index (χ1n) is 4.82. The quantitative estimate of drug-likeness (QED) is 0.802. The molecule has 78 valence electrons. The molecule has 5 heteroatoms. The van der Waals surface area contributed by atoms with Crippen LogP contribution >= 0.6 is 11.3 Å². The highest BCUT2D eigenvalue weighted by molar-refractivity contribution is 7.15. The standard InChI is InChI=1S/C9H15N3OS/c1-10-6-8-7-11-9(14-8)12-2-4-13-5-3-12/h7,10H,2-6H2,1H3. The summed E-state index contributed by atoms with van der Waals surface area (Å²) in [5.41, 5.74) is 0. The predicted molar refractivity (Wildman–Crippen MR) is 57.9 cm³/mol. The van der Waals surface area contributed by atoms with E-state index in [1.165, 1.54) is 4.88 Å². The van der Waals surface area contributed by atoms with Gasteiger partial charge in [0.1, 0.15) is 0 Å². The second kappa shape index (κ2) is 4.72. The Morgan fingerprint density at radius 3 is 3.07 bits per heavy atom. The third-order valence-electron chi connectivity index (χ3n) is 2.17. The molecule has 1 aliphatic rings. The van der Waals surface area contributed by atoms with Crippen molar-refractivity contribution in [2.45, 2.75) is 6.54 Å². The number of rotatable bonds is 3. The van der Waals surface area contributed by atoms with Crippen molar-refractivity contribution in [2.24, 2.45) is 0 Å². The van der Waals surface area contributed by atoms with Crippen LogP contribution < -0.4 is 10.2 Å². The van der Waals surface area contributed by atoms with E-state index in [2.05, 4.69) is 15.2 Å². The molecular formula is C9H15N3OS. The summed E-state index contributed by atoms with van der Waals surface area (Å²) in [6, 6.07) is 0. The normalized spacial score (nSPS) is 17.4. The number of aromatic nitrogens is 1. The van der Waals surface area contributed by atoms with E-state index >= 15 is 0 Å². The van der Waals surface area contributed by atoms with Gasteiger partial charge in [0.05, 0.1) is 13.2 Å². The molecule has 0 aromatic carbocycles. The average molecular weight is 213 g/mol. The molecule has 1 saturated heterocycles. The number of nitrogens with zero attached hydrogens (tertiary/aromatic N) is 2. The molecule has 0 atom stereocenters. The largest absolute Gasteiger partial charge is 0.378 e. The maximum absolute atomic E-state index is 5.30. The minimum atomic E-state index is 0.820. The highest BCUT2D eigenvalue weighted by atomic mass is 32.1. The fourth-order valence-corrected chi connectivity index (χ4v) is 2.43. The van der Waals surface area contributed by atoms with Crippen LogP contribution in [-0.4, -0.2) is 38.3 Å². The molecule has 1 N–H and O–H groups in total. The maximum atomic E-state index is 5.30. The van der Waals surface area contributed by atoms with E-state index in [0.29, 0.717) is 0 Å². The molecule has 0 aliphatic carbocycles. The molecule has 1 aromatic rings. The SMILES string of the molecule is CNCc1cnc(N2CCOCC2)s1. The second-order valence-corrected chi connectivity index (χ2v) is 4.33. The van der Waals surface area contributed by atoms with E-state index in [4.69, 9.17) is 4.74 Å². The molecule has 1 fully saturated rings. The van der Waals surface area contributed by atoms with Crippen molar-refractivity contribution in [3.8, 4) is 0 Å². The number of nitrogens with one attached hydrogen (secondary N) is 1. The summed E-state index contributed by atoms with van der Waals surface area (Å²) in [5, 5.41) is 4.25. The zero-order valence-electron chi connectivity index (χ0n) is 8.32. The minimum absolute atomic E-state index is 0.820. The van der Waals surface area contributed by atoms with Gasteiger partial charge in [0.15, 0.2) is 5.13 Å². The number of hydrogen-bond acceptors (Lipinski definition) is 5. The summed E-state index contributed by atoms with van der Waals surface area (Å²) in [4.78, 5) is 7.98. The van der Waals surface area contributed by atoms with Crippen molar-refractivity contribution in [2.75, 3.05) is 38.3 Å². The summed E-state index contributed by atoms with van der Waals surface area (Å²) in [7, 11) is 1.95. The molecule has 0 radical (unpaired) electrons. The van der Waals surface area contributed by atoms with Crippen LogP contribution in [0.1, 0.15) is 4.88 Å². The lowest BCUT2D eigenvalue weighted by Gasteiger charge is -2.25. The van der Waals surface area contributed by atoms with Crippen molar-refractivity contribution < 1.29 is 4.74 Å². The van der Waals surface area contributed by atoms with E-state index in [1.54, 1.807) is 11.3 Å². The number of thiazole rings is 1. The first-order valence-corrected chi connectivity index (χ1v) is 5.64. The van der Waals surface area contributed by atoms with Gasteiger partial charge in [-0.05, 0) is 7.05 Å². The highest BCUT2D eigenvalue weighted by Crippen LogP contribution is 2.22. The topological polar surface area (TPSA) is 37.4 Å². The van der Waals surface area contributed by atoms with Crippen molar-refractivity contribution in [1.82, 2.24) is 10.3 Å². The Bertz CT molecular complexity index is 283. The molecule has 0 saturated carbocycles. The third kappa shape index (κ3) is 2.23. The minimum Gasteiger partial charge on any atom is -0.378 e. The van der Waals surface area contributed by atoms with E-state index in [-0.39, 0.29) is 0 Å². The van der Waals surface area contributed by atoms with Gasteiger partial charge in [0.2, 0.25) is 0 Å². The van der Waals surface area contributed by atoms with Gasteiger partial charge >= 0.3 is 0 Å². The third-order valence-corrected chi connectivity index (χ3v) is 3.23. The Labute approximate surface area is 87.9 Å². The molecule has 0 unspecified atom stereocenters. The smallest absolute Gasteiger partial charge is 0.185 e. The van der Waals surface area contributed by atoms with Crippen molar-refractivity contribution in [1.29, 1.82) is 0 Å². The van der Waals surface area contributed by atoms with Gasteiger partial charge in [0.25, 0.3) is 0 Å². The molecule has 2 heterocycles. The Morgan fingerprint density at radius 1 is 1.57 bits per heavy atom. The first kappa shape index (κ1) is 9.89. The zero-order chi connectivity index (χ0) is 9.80. The van der Waals surface area contributed by atoms with Gasteiger partial charge in [-0.1, -0.05) is 0 Å². The monoisotopic (exact) mass is 213 g/mol. The number of anilines is 1.